The highest BCUT2D eigenvalue weighted by Crippen LogP contribution is 2.44. The minimum atomic E-state index is -0.523. The van der Waals surface area contributed by atoms with Crippen LogP contribution in [0.25, 0.3) is 0 Å². The molecule has 0 saturated heterocycles. The van der Waals surface area contributed by atoms with Gasteiger partial charge in [0, 0.05) is 11.3 Å². The van der Waals surface area contributed by atoms with Crippen molar-refractivity contribution < 1.29 is 9.90 Å². The smallest absolute Gasteiger partial charge is 0.231 e. The van der Waals surface area contributed by atoms with Crippen LogP contribution < -0.4 is 5.32 Å². The van der Waals surface area contributed by atoms with Crippen molar-refractivity contribution in [3.05, 3.63) is 27.8 Å². The van der Waals surface area contributed by atoms with Crippen molar-refractivity contribution in [2.75, 3.05) is 5.32 Å². The highest BCUT2D eigenvalue weighted by molar-refractivity contribution is 6.33. The van der Waals surface area contributed by atoms with Crippen LogP contribution in [0.15, 0.2) is 6.07 Å². The Morgan fingerprint density at radius 3 is 2.67 bits per heavy atom. The van der Waals surface area contributed by atoms with Crippen LogP contribution in [0.5, 0.6) is 0 Å². The highest BCUT2D eigenvalue weighted by atomic mass is 35.5. The van der Waals surface area contributed by atoms with Crippen LogP contribution in [0.2, 0.25) is 5.02 Å². The number of rotatable bonds is 2. The van der Waals surface area contributed by atoms with Crippen molar-refractivity contribution in [2.24, 2.45) is 5.92 Å². The standard InChI is InChI=1S/C17H22ClNO2/c1-9-12-8-13(16(20)11-6-4-3-5-7-11)14(18)10(2)15(12)19-17(9)21/h8-9,11,16,20H,3-7H2,1-2H3,(H,19,21). The molecule has 114 valence electrons. The van der Waals surface area contributed by atoms with Gasteiger partial charge in [-0.1, -0.05) is 30.9 Å². The lowest BCUT2D eigenvalue weighted by molar-refractivity contribution is -0.116. The molecule has 1 fully saturated rings. The first-order valence-electron chi connectivity index (χ1n) is 7.82. The first-order valence-corrected chi connectivity index (χ1v) is 8.20. The van der Waals surface area contributed by atoms with Gasteiger partial charge in [0.15, 0.2) is 0 Å². The molecule has 1 amide bonds. The summed E-state index contributed by atoms with van der Waals surface area (Å²) in [6, 6.07) is 1.94. The van der Waals surface area contributed by atoms with Crippen molar-refractivity contribution in [1.29, 1.82) is 0 Å². The summed E-state index contributed by atoms with van der Waals surface area (Å²) < 4.78 is 0. The van der Waals surface area contributed by atoms with Gasteiger partial charge in [0.1, 0.15) is 0 Å². The van der Waals surface area contributed by atoms with Crippen molar-refractivity contribution in [3.63, 3.8) is 0 Å². The molecule has 2 unspecified atom stereocenters. The molecule has 1 saturated carbocycles. The topological polar surface area (TPSA) is 49.3 Å². The average Bonchev–Trinajstić information content (AvgIpc) is 2.79. The van der Waals surface area contributed by atoms with Gasteiger partial charge in [-0.25, -0.2) is 0 Å². The lowest BCUT2D eigenvalue weighted by Crippen LogP contribution is -2.17. The molecule has 0 bridgehead atoms. The van der Waals surface area contributed by atoms with Gasteiger partial charge in [-0.3, -0.25) is 4.79 Å². The third-order valence-electron chi connectivity index (χ3n) is 5.08. The number of carbonyl (C=O) groups excluding carboxylic acids is 1. The number of halogens is 1. The molecular weight excluding hydrogens is 286 g/mol. The maximum Gasteiger partial charge on any atom is 0.231 e. The second-order valence-corrected chi connectivity index (χ2v) is 6.80. The lowest BCUT2D eigenvalue weighted by Gasteiger charge is -2.28. The number of nitrogens with one attached hydrogen (secondary N) is 1. The van der Waals surface area contributed by atoms with Gasteiger partial charge in [0.25, 0.3) is 0 Å². The summed E-state index contributed by atoms with van der Waals surface area (Å²) in [5.74, 6) is 0.121. The van der Waals surface area contributed by atoms with Crippen LogP contribution in [0.3, 0.4) is 0 Å². The second-order valence-electron chi connectivity index (χ2n) is 6.42. The van der Waals surface area contributed by atoms with E-state index in [-0.39, 0.29) is 17.7 Å². The van der Waals surface area contributed by atoms with E-state index < -0.39 is 6.10 Å². The van der Waals surface area contributed by atoms with Gasteiger partial charge >= 0.3 is 0 Å². The number of carbonyl (C=O) groups is 1. The molecule has 2 atom stereocenters. The maximum atomic E-state index is 11.9. The SMILES string of the molecule is Cc1c(Cl)c(C(O)C2CCCCC2)cc2c1NC(=O)C2C. The third-order valence-corrected chi connectivity index (χ3v) is 5.58. The van der Waals surface area contributed by atoms with Crippen LogP contribution in [0.4, 0.5) is 5.69 Å². The van der Waals surface area contributed by atoms with E-state index in [0.717, 1.165) is 35.2 Å². The van der Waals surface area contributed by atoms with Gasteiger partial charge in [-0.15, -0.1) is 0 Å². The molecule has 1 aliphatic heterocycles. The average molecular weight is 308 g/mol. The number of benzene rings is 1. The minimum absolute atomic E-state index is 0.00785. The van der Waals surface area contributed by atoms with Crippen molar-refractivity contribution >= 4 is 23.2 Å². The summed E-state index contributed by atoms with van der Waals surface area (Å²) in [4.78, 5) is 11.9. The highest BCUT2D eigenvalue weighted by Gasteiger charge is 2.32. The fourth-order valence-electron chi connectivity index (χ4n) is 3.64. The number of fused-ring (bicyclic) bond motifs is 1. The van der Waals surface area contributed by atoms with E-state index in [9.17, 15) is 9.90 Å². The molecule has 1 aliphatic carbocycles. The minimum Gasteiger partial charge on any atom is -0.388 e. The van der Waals surface area contributed by atoms with E-state index in [2.05, 4.69) is 5.32 Å². The molecule has 3 rings (SSSR count). The summed E-state index contributed by atoms with van der Waals surface area (Å²) in [6.45, 7) is 3.81. The zero-order chi connectivity index (χ0) is 15.1. The number of anilines is 1. The Labute approximate surface area is 130 Å². The number of hydrogen-bond acceptors (Lipinski definition) is 2. The molecule has 4 heteroatoms. The molecule has 1 aromatic rings. The van der Waals surface area contributed by atoms with E-state index in [1.165, 1.54) is 19.3 Å². The zero-order valence-corrected chi connectivity index (χ0v) is 13.3. The fourth-order valence-corrected chi connectivity index (χ4v) is 3.91. The zero-order valence-electron chi connectivity index (χ0n) is 12.6. The Morgan fingerprint density at radius 2 is 2.00 bits per heavy atom. The second kappa shape index (κ2) is 5.62. The molecule has 0 spiro atoms. The summed E-state index contributed by atoms with van der Waals surface area (Å²) in [5, 5.41) is 14.2. The Hall–Kier alpha value is -1.06. The van der Waals surface area contributed by atoms with E-state index >= 15 is 0 Å². The van der Waals surface area contributed by atoms with Crippen molar-refractivity contribution in [2.45, 2.75) is 58.0 Å². The van der Waals surface area contributed by atoms with Crippen LogP contribution >= 0.6 is 11.6 Å². The Bertz CT molecular complexity index is 579. The molecule has 3 nitrogen and oxygen atoms in total. The molecule has 1 aromatic carbocycles. The molecule has 0 radical (unpaired) electrons. The summed E-state index contributed by atoms with van der Waals surface area (Å²) >= 11 is 6.48. The van der Waals surface area contributed by atoms with Crippen LogP contribution in [-0.2, 0) is 4.79 Å². The van der Waals surface area contributed by atoms with E-state index in [4.69, 9.17) is 11.6 Å². The first kappa shape index (κ1) is 14.9. The Morgan fingerprint density at radius 1 is 1.33 bits per heavy atom. The quantitative estimate of drug-likeness (QED) is 0.855. The fraction of sp³-hybridized carbons (Fsp3) is 0.588. The molecule has 21 heavy (non-hydrogen) atoms. The van der Waals surface area contributed by atoms with Gasteiger partial charge in [0.05, 0.1) is 17.0 Å². The Kier molecular flexibility index (Phi) is 3.98. The molecule has 2 aliphatic rings. The Balaban J connectivity index is 2.00. The van der Waals surface area contributed by atoms with E-state index in [1.54, 1.807) is 0 Å². The third kappa shape index (κ3) is 2.47. The number of aliphatic hydroxyl groups is 1. The summed E-state index contributed by atoms with van der Waals surface area (Å²) in [5.41, 5.74) is 3.46. The molecule has 1 heterocycles. The number of aliphatic hydroxyl groups excluding tert-OH is 1. The number of amides is 1. The monoisotopic (exact) mass is 307 g/mol. The summed E-state index contributed by atoms with van der Waals surface area (Å²) in [6.07, 6.45) is 5.21. The van der Waals surface area contributed by atoms with Gasteiger partial charge in [0.2, 0.25) is 5.91 Å². The van der Waals surface area contributed by atoms with Crippen molar-refractivity contribution in [3.8, 4) is 0 Å². The maximum absolute atomic E-state index is 11.9. The van der Waals surface area contributed by atoms with Crippen LogP contribution in [0, 0.1) is 12.8 Å². The number of hydrogen-bond donors (Lipinski definition) is 2. The van der Waals surface area contributed by atoms with Gasteiger partial charge in [-0.05, 0) is 49.8 Å². The van der Waals surface area contributed by atoms with Gasteiger partial charge < -0.3 is 10.4 Å². The lowest BCUT2D eigenvalue weighted by atomic mass is 9.81. The molecule has 0 aromatic heterocycles. The largest absolute Gasteiger partial charge is 0.388 e. The van der Waals surface area contributed by atoms with E-state index in [1.807, 2.05) is 19.9 Å². The first-order chi connectivity index (χ1) is 10.0. The van der Waals surface area contributed by atoms with E-state index in [0.29, 0.717) is 5.02 Å². The normalized spacial score (nSPS) is 23.8. The van der Waals surface area contributed by atoms with Gasteiger partial charge in [-0.2, -0.15) is 0 Å². The van der Waals surface area contributed by atoms with Crippen molar-refractivity contribution in [1.82, 2.24) is 0 Å². The van der Waals surface area contributed by atoms with Crippen LogP contribution in [0.1, 0.15) is 67.7 Å². The van der Waals surface area contributed by atoms with Crippen LogP contribution in [-0.4, -0.2) is 11.0 Å². The predicted molar refractivity (Wildman–Crippen MR) is 84.8 cm³/mol. The molecular formula is C17H22ClNO2. The molecule has 2 N–H and O–H groups in total. The summed E-state index contributed by atoms with van der Waals surface area (Å²) in [7, 11) is 0. The predicted octanol–water partition coefficient (Wildman–Crippen LogP) is 4.32.